The summed E-state index contributed by atoms with van der Waals surface area (Å²) in [5, 5.41) is 0.0707. The largest absolute Gasteiger partial charge is 0.207 e. The smallest absolute Gasteiger partial charge is 0.136 e. The summed E-state index contributed by atoms with van der Waals surface area (Å²) >= 11 is 0. The van der Waals surface area contributed by atoms with Crippen LogP contribution in [0.2, 0.25) is 0 Å². The average molecular weight is 182 g/mol. The molecule has 66 valence electrons. The number of halogens is 3. The molecule has 2 aromatic rings. The van der Waals surface area contributed by atoms with Crippen LogP contribution in [-0.4, -0.2) is 0 Å². The molecule has 2 aromatic carbocycles. The van der Waals surface area contributed by atoms with Crippen LogP contribution in [0.4, 0.5) is 13.2 Å². The molecule has 2 rings (SSSR count). The third-order valence-electron chi connectivity index (χ3n) is 1.84. The summed E-state index contributed by atoms with van der Waals surface area (Å²) in [4.78, 5) is 0. The van der Waals surface area contributed by atoms with E-state index in [0.29, 0.717) is 6.07 Å². The van der Waals surface area contributed by atoms with E-state index in [1.807, 2.05) is 0 Å². The number of fused-ring (bicyclic) bond motifs is 1. The van der Waals surface area contributed by atoms with Crippen LogP contribution in [0.5, 0.6) is 0 Å². The Balaban J connectivity index is 2.94. The van der Waals surface area contributed by atoms with Crippen LogP contribution in [0, 0.1) is 17.5 Å². The second-order valence-electron chi connectivity index (χ2n) is 2.73. The Bertz CT molecular complexity index is 463. The van der Waals surface area contributed by atoms with Crippen LogP contribution < -0.4 is 0 Å². The Hall–Kier alpha value is -1.51. The molecule has 0 aromatic heterocycles. The molecule has 0 saturated heterocycles. The van der Waals surface area contributed by atoms with Crippen LogP contribution in [0.25, 0.3) is 10.8 Å². The second kappa shape index (κ2) is 2.76. The number of rotatable bonds is 0. The van der Waals surface area contributed by atoms with Gasteiger partial charge in [-0.25, -0.2) is 13.2 Å². The first-order valence-corrected chi connectivity index (χ1v) is 3.72. The molecular formula is C10H5F3. The minimum atomic E-state index is -0.868. The van der Waals surface area contributed by atoms with Crippen molar-refractivity contribution in [1.82, 2.24) is 0 Å². The van der Waals surface area contributed by atoms with Crippen LogP contribution in [0.15, 0.2) is 30.3 Å². The van der Waals surface area contributed by atoms with Gasteiger partial charge in [0.05, 0.1) is 5.39 Å². The second-order valence-corrected chi connectivity index (χ2v) is 2.73. The predicted octanol–water partition coefficient (Wildman–Crippen LogP) is 3.26. The number of hydrogen-bond donors (Lipinski definition) is 0. The molecule has 0 nitrogen and oxygen atoms in total. The van der Waals surface area contributed by atoms with Gasteiger partial charge < -0.3 is 0 Å². The molecule has 0 aliphatic heterocycles. The van der Waals surface area contributed by atoms with Gasteiger partial charge in [0.25, 0.3) is 0 Å². The highest BCUT2D eigenvalue weighted by molar-refractivity contribution is 5.83. The van der Waals surface area contributed by atoms with Crippen molar-refractivity contribution in [2.75, 3.05) is 0 Å². The Kier molecular flexibility index (Phi) is 1.72. The van der Waals surface area contributed by atoms with E-state index in [1.54, 1.807) is 0 Å². The summed E-state index contributed by atoms with van der Waals surface area (Å²) in [6.45, 7) is 0. The summed E-state index contributed by atoms with van der Waals surface area (Å²) in [6.07, 6.45) is 0. The highest BCUT2D eigenvalue weighted by Crippen LogP contribution is 2.21. The summed E-state index contributed by atoms with van der Waals surface area (Å²) in [6, 6.07) is 5.79. The van der Waals surface area contributed by atoms with Crippen molar-refractivity contribution < 1.29 is 13.2 Å². The van der Waals surface area contributed by atoms with Crippen LogP contribution in [-0.2, 0) is 0 Å². The zero-order valence-corrected chi connectivity index (χ0v) is 6.52. The molecule has 0 bridgehead atoms. The van der Waals surface area contributed by atoms with E-state index in [4.69, 9.17) is 0 Å². The zero-order valence-electron chi connectivity index (χ0n) is 6.52. The molecule has 13 heavy (non-hydrogen) atoms. The Morgan fingerprint density at radius 3 is 2.38 bits per heavy atom. The van der Waals surface area contributed by atoms with Gasteiger partial charge in [-0.1, -0.05) is 12.1 Å². The van der Waals surface area contributed by atoms with Crippen molar-refractivity contribution in [3.63, 3.8) is 0 Å². The normalized spacial score (nSPS) is 10.7. The van der Waals surface area contributed by atoms with Crippen molar-refractivity contribution >= 4 is 10.8 Å². The van der Waals surface area contributed by atoms with E-state index < -0.39 is 17.5 Å². The fraction of sp³-hybridized carbons (Fsp3) is 0. The molecule has 0 aliphatic rings. The van der Waals surface area contributed by atoms with Crippen molar-refractivity contribution in [3.8, 4) is 0 Å². The molecule has 0 fully saturated rings. The third-order valence-corrected chi connectivity index (χ3v) is 1.84. The van der Waals surface area contributed by atoms with Gasteiger partial charge in [0, 0.05) is 6.07 Å². The molecule has 0 heterocycles. The summed E-state index contributed by atoms with van der Waals surface area (Å²) in [7, 11) is 0. The summed E-state index contributed by atoms with van der Waals surface area (Å²) in [5.41, 5.74) is 0. The fourth-order valence-electron chi connectivity index (χ4n) is 1.30. The first-order valence-electron chi connectivity index (χ1n) is 3.72. The van der Waals surface area contributed by atoms with E-state index >= 15 is 0 Å². The molecule has 0 amide bonds. The van der Waals surface area contributed by atoms with Crippen molar-refractivity contribution in [1.29, 1.82) is 0 Å². The average Bonchev–Trinajstić information content (AvgIpc) is 2.02. The van der Waals surface area contributed by atoms with Gasteiger partial charge in [0.1, 0.15) is 17.5 Å². The zero-order chi connectivity index (χ0) is 9.42. The van der Waals surface area contributed by atoms with Gasteiger partial charge in [-0.15, -0.1) is 0 Å². The minimum absolute atomic E-state index is 0.163. The molecule has 0 atom stereocenters. The van der Waals surface area contributed by atoms with Crippen LogP contribution in [0.3, 0.4) is 0 Å². The van der Waals surface area contributed by atoms with E-state index in [-0.39, 0.29) is 10.8 Å². The SMILES string of the molecule is Fc1cc(F)c2c(F)cccc2c1. The fourth-order valence-corrected chi connectivity index (χ4v) is 1.30. The lowest BCUT2D eigenvalue weighted by Gasteiger charge is -2.00. The van der Waals surface area contributed by atoms with E-state index in [0.717, 1.165) is 12.1 Å². The Labute approximate surface area is 72.6 Å². The number of hydrogen-bond acceptors (Lipinski definition) is 0. The topological polar surface area (TPSA) is 0 Å². The quantitative estimate of drug-likeness (QED) is 0.586. The maximum atomic E-state index is 13.0. The summed E-state index contributed by atoms with van der Waals surface area (Å²) in [5.74, 6) is -2.24. The first kappa shape index (κ1) is 8.10. The highest BCUT2D eigenvalue weighted by Gasteiger charge is 2.07. The number of benzene rings is 2. The van der Waals surface area contributed by atoms with Crippen LogP contribution in [0.1, 0.15) is 0 Å². The molecule has 0 spiro atoms. The standard InChI is InChI=1S/C10H5F3/c11-7-4-6-2-1-3-8(12)10(6)9(13)5-7/h1-5H. The lowest BCUT2D eigenvalue weighted by atomic mass is 10.1. The van der Waals surface area contributed by atoms with Crippen molar-refractivity contribution in [2.45, 2.75) is 0 Å². The molecule has 0 saturated carbocycles. The van der Waals surface area contributed by atoms with Gasteiger partial charge >= 0.3 is 0 Å². The van der Waals surface area contributed by atoms with Gasteiger partial charge in [-0.3, -0.25) is 0 Å². The Morgan fingerprint density at radius 1 is 0.846 bits per heavy atom. The highest BCUT2D eigenvalue weighted by atomic mass is 19.1. The van der Waals surface area contributed by atoms with Crippen LogP contribution >= 0.6 is 0 Å². The van der Waals surface area contributed by atoms with Gasteiger partial charge in [0.15, 0.2) is 0 Å². The molecule has 0 N–H and O–H groups in total. The maximum Gasteiger partial charge on any atom is 0.136 e. The van der Waals surface area contributed by atoms with Gasteiger partial charge in [-0.2, -0.15) is 0 Å². The van der Waals surface area contributed by atoms with Crippen molar-refractivity contribution in [3.05, 3.63) is 47.8 Å². The predicted molar refractivity (Wildman–Crippen MR) is 43.8 cm³/mol. The monoisotopic (exact) mass is 182 g/mol. The molecule has 3 heteroatoms. The van der Waals surface area contributed by atoms with E-state index in [1.165, 1.54) is 12.1 Å². The first-order chi connectivity index (χ1) is 6.18. The van der Waals surface area contributed by atoms with Gasteiger partial charge in [-0.05, 0) is 17.5 Å². The van der Waals surface area contributed by atoms with Gasteiger partial charge in [0.2, 0.25) is 0 Å². The van der Waals surface area contributed by atoms with E-state index in [9.17, 15) is 13.2 Å². The third kappa shape index (κ3) is 1.26. The molecule has 0 aliphatic carbocycles. The molecular weight excluding hydrogens is 177 g/mol. The Morgan fingerprint density at radius 2 is 1.62 bits per heavy atom. The van der Waals surface area contributed by atoms with E-state index in [2.05, 4.69) is 0 Å². The lowest BCUT2D eigenvalue weighted by molar-refractivity contribution is 0.581. The molecule has 0 unspecified atom stereocenters. The minimum Gasteiger partial charge on any atom is -0.207 e. The van der Waals surface area contributed by atoms with Crippen molar-refractivity contribution in [2.24, 2.45) is 0 Å². The summed E-state index contributed by atoms with van der Waals surface area (Å²) < 4.78 is 38.7. The maximum absolute atomic E-state index is 13.0. The lowest BCUT2D eigenvalue weighted by Crippen LogP contribution is -1.86. The molecule has 0 radical (unpaired) electrons.